The van der Waals surface area contributed by atoms with E-state index >= 15 is 0 Å². The molecule has 0 unspecified atom stereocenters. The molecule has 0 saturated carbocycles. The van der Waals surface area contributed by atoms with Gasteiger partial charge >= 0.3 is 0 Å². The van der Waals surface area contributed by atoms with Gasteiger partial charge in [-0.2, -0.15) is 0 Å². The van der Waals surface area contributed by atoms with E-state index in [9.17, 15) is 4.79 Å². The van der Waals surface area contributed by atoms with Gasteiger partial charge in [-0.15, -0.1) is 0 Å². The molecule has 1 aromatic carbocycles. The topological polar surface area (TPSA) is 32.8 Å². The van der Waals surface area contributed by atoms with Crippen molar-refractivity contribution in [1.29, 1.82) is 0 Å². The quantitative estimate of drug-likeness (QED) is 0.680. The molecule has 1 amide bonds. The number of amides is 1. The highest BCUT2D eigenvalue weighted by molar-refractivity contribution is 5.79. The standard InChI is InChI=1S/C21H32N2O2/c1-2-25-16-15-22-13-10-21(11-14-22)17-20(24)23(18-21)12-6-9-19-7-4-3-5-8-19/h3-5,7-8H,2,6,9-18H2,1H3. The van der Waals surface area contributed by atoms with Crippen LogP contribution in [0.1, 0.15) is 38.2 Å². The molecule has 3 rings (SSSR count). The number of likely N-dealkylation sites (tertiary alicyclic amines) is 2. The van der Waals surface area contributed by atoms with E-state index in [1.807, 2.05) is 6.92 Å². The van der Waals surface area contributed by atoms with E-state index in [0.717, 1.165) is 78.0 Å². The number of piperidine rings is 1. The molecule has 4 nitrogen and oxygen atoms in total. The minimum atomic E-state index is 0.242. The molecular formula is C21H32N2O2. The summed E-state index contributed by atoms with van der Waals surface area (Å²) in [5, 5.41) is 0. The van der Waals surface area contributed by atoms with Crippen molar-refractivity contribution in [3.63, 3.8) is 0 Å². The smallest absolute Gasteiger partial charge is 0.223 e. The zero-order chi connectivity index (χ0) is 17.5. The zero-order valence-electron chi connectivity index (χ0n) is 15.6. The van der Waals surface area contributed by atoms with Gasteiger partial charge in [-0.1, -0.05) is 30.3 Å². The van der Waals surface area contributed by atoms with Crippen LogP contribution in [0.3, 0.4) is 0 Å². The molecule has 2 saturated heterocycles. The van der Waals surface area contributed by atoms with Crippen LogP contribution < -0.4 is 0 Å². The SMILES string of the molecule is CCOCCN1CCC2(CC1)CC(=O)N(CCCc1ccccc1)C2. The van der Waals surface area contributed by atoms with Crippen LogP contribution in [0.4, 0.5) is 0 Å². The second-order valence-corrected chi connectivity index (χ2v) is 7.62. The summed E-state index contributed by atoms with van der Waals surface area (Å²) < 4.78 is 5.46. The highest BCUT2D eigenvalue weighted by Crippen LogP contribution is 2.41. The molecule has 0 atom stereocenters. The van der Waals surface area contributed by atoms with E-state index in [4.69, 9.17) is 4.74 Å². The summed E-state index contributed by atoms with van der Waals surface area (Å²) in [6.07, 6.45) is 5.19. The first-order chi connectivity index (χ1) is 12.2. The Morgan fingerprint density at radius 2 is 1.88 bits per heavy atom. The van der Waals surface area contributed by atoms with E-state index in [0.29, 0.717) is 5.91 Å². The average molecular weight is 344 g/mol. The van der Waals surface area contributed by atoms with Crippen molar-refractivity contribution in [1.82, 2.24) is 9.80 Å². The molecule has 0 bridgehead atoms. The normalized spacial score (nSPS) is 20.5. The summed E-state index contributed by atoms with van der Waals surface area (Å²) in [5.41, 5.74) is 1.61. The van der Waals surface area contributed by atoms with Crippen LogP contribution in [0.15, 0.2) is 30.3 Å². The van der Waals surface area contributed by atoms with Crippen molar-refractivity contribution < 1.29 is 9.53 Å². The van der Waals surface area contributed by atoms with E-state index < -0.39 is 0 Å². The van der Waals surface area contributed by atoms with E-state index in [1.165, 1.54) is 5.56 Å². The number of benzene rings is 1. The first-order valence-electron chi connectivity index (χ1n) is 9.83. The highest BCUT2D eigenvalue weighted by atomic mass is 16.5. The zero-order valence-corrected chi connectivity index (χ0v) is 15.6. The van der Waals surface area contributed by atoms with Crippen LogP contribution in [0.2, 0.25) is 0 Å². The van der Waals surface area contributed by atoms with Crippen LogP contribution in [0.25, 0.3) is 0 Å². The third-order valence-corrected chi connectivity index (χ3v) is 5.81. The Kier molecular flexibility index (Phi) is 6.49. The van der Waals surface area contributed by atoms with Crippen molar-refractivity contribution in [3.05, 3.63) is 35.9 Å². The van der Waals surface area contributed by atoms with Crippen molar-refractivity contribution in [3.8, 4) is 0 Å². The Hall–Kier alpha value is -1.39. The third-order valence-electron chi connectivity index (χ3n) is 5.81. The van der Waals surface area contributed by atoms with Crippen molar-refractivity contribution >= 4 is 5.91 Å². The Morgan fingerprint density at radius 3 is 2.60 bits per heavy atom. The first kappa shape index (κ1) is 18.4. The number of carbonyl (C=O) groups is 1. The maximum absolute atomic E-state index is 12.5. The molecule has 0 aromatic heterocycles. The predicted octanol–water partition coefficient (Wildman–Crippen LogP) is 2.97. The Morgan fingerprint density at radius 1 is 1.12 bits per heavy atom. The second kappa shape index (κ2) is 8.81. The molecule has 2 aliphatic heterocycles. The summed E-state index contributed by atoms with van der Waals surface area (Å²) in [6, 6.07) is 10.6. The van der Waals surface area contributed by atoms with Crippen LogP contribution in [0, 0.1) is 5.41 Å². The van der Waals surface area contributed by atoms with Gasteiger partial charge in [0.1, 0.15) is 0 Å². The number of rotatable bonds is 8. The maximum Gasteiger partial charge on any atom is 0.223 e. The van der Waals surface area contributed by atoms with Crippen LogP contribution in [0.5, 0.6) is 0 Å². The lowest BCUT2D eigenvalue weighted by molar-refractivity contribution is -0.127. The fourth-order valence-electron chi connectivity index (χ4n) is 4.23. The number of hydrogen-bond donors (Lipinski definition) is 0. The van der Waals surface area contributed by atoms with Gasteiger partial charge in [0.05, 0.1) is 6.61 Å². The Balaban J connectivity index is 1.41. The fourth-order valence-corrected chi connectivity index (χ4v) is 4.23. The number of hydrogen-bond acceptors (Lipinski definition) is 3. The Labute approximate surface area is 152 Å². The predicted molar refractivity (Wildman–Crippen MR) is 101 cm³/mol. The van der Waals surface area contributed by atoms with Gasteiger partial charge in [-0.25, -0.2) is 0 Å². The van der Waals surface area contributed by atoms with E-state index in [1.54, 1.807) is 0 Å². The van der Waals surface area contributed by atoms with Gasteiger partial charge in [0.25, 0.3) is 0 Å². The fraction of sp³-hybridized carbons (Fsp3) is 0.667. The lowest BCUT2D eigenvalue weighted by Crippen LogP contribution is -2.42. The van der Waals surface area contributed by atoms with Gasteiger partial charge in [0.2, 0.25) is 5.91 Å². The number of nitrogens with zero attached hydrogens (tertiary/aromatic N) is 2. The molecule has 25 heavy (non-hydrogen) atoms. The minimum absolute atomic E-state index is 0.242. The summed E-state index contributed by atoms with van der Waals surface area (Å²) in [4.78, 5) is 17.1. The molecule has 0 aliphatic carbocycles. The maximum atomic E-state index is 12.5. The molecule has 0 N–H and O–H groups in total. The van der Waals surface area contributed by atoms with Crippen molar-refractivity contribution in [2.45, 2.75) is 39.0 Å². The summed E-state index contributed by atoms with van der Waals surface area (Å²) >= 11 is 0. The Bertz CT molecular complexity index is 538. The molecule has 1 aromatic rings. The summed E-state index contributed by atoms with van der Waals surface area (Å²) in [5.74, 6) is 0.371. The number of aryl methyl sites for hydroxylation is 1. The molecule has 1 spiro atoms. The molecule has 2 aliphatic rings. The molecule has 138 valence electrons. The van der Waals surface area contributed by atoms with Gasteiger partial charge < -0.3 is 14.5 Å². The third kappa shape index (κ3) is 5.05. The molecular weight excluding hydrogens is 312 g/mol. The van der Waals surface area contributed by atoms with Gasteiger partial charge in [-0.3, -0.25) is 4.79 Å². The van der Waals surface area contributed by atoms with E-state index in [-0.39, 0.29) is 5.41 Å². The summed E-state index contributed by atoms with van der Waals surface area (Å²) in [7, 11) is 0. The second-order valence-electron chi connectivity index (χ2n) is 7.62. The molecule has 2 fully saturated rings. The molecule has 2 heterocycles. The van der Waals surface area contributed by atoms with Crippen molar-refractivity contribution in [2.75, 3.05) is 45.9 Å². The first-order valence-corrected chi connectivity index (χ1v) is 9.83. The molecule has 4 heteroatoms. The van der Waals surface area contributed by atoms with E-state index in [2.05, 4.69) is 40.1 Å². The molecule has 0 radical (unpaired) electrons. The minimum Gasteiger partial charge on any atom is -0.380 e. The van der Waals surface area contributed by atoms with Crippen LogP contribution >= 0.6 is 0 Å². The van der Waals surface area contributed by atoms with Gasteiger partial charge in [-0.05, 0) is 56.7 Å². The monoisotopic (exact) mass is 344 g/mol. The van der Waals surface area contributed by atoms with Crippen LogP contribution in [-0.4, -0.2) is 61.6 Å². The number of carbonyl (C=O) groups excluding carboxylic acids is 1. The summed E-state index contributed by atoms with van der Waals surface area (Å²) in [6.45, 7) is 8.79. The van der Waals surface area contributed by atoms with Gasteiger partial charge in [0.15, 0.2) is 0 Å². The number of ether oxygens (including phenoxy) is 1. The van der Waals surface area contributed by atoms with Crippen LogP contribution in [-0.2, 0) is 16.0 Å². The lowest BCUT2D eigenvalue weighted by atomic mass is 9.77. The largest absolute Gasteiger partial charge is 0.380 e. The highest BCUT2D eigenvalue weighted by Gasteiger charge is 2.44. The van der Waals surface area contributed by atoms with Crippen molar-refractivity contribution in [2.24, 2.45) is 5.41 Å². The average Bonchev–Trinajstić information content (AvgIpc) is 2.93. The van der Waals surface area contributed by atoms with Gasteiger partial charge in [0, 0.05) is 32.7 Å². The lowest BCUT2D eigenvalue weighted by Gasteiger charge is -2.38.